The second-order valence-corrected chi connectivity index (χ2v) is 3.81. The van der Waals surface area contributed by atoms with Crippen LogP contribution >= 0.6 is 0 Å². The first-order valence-corrected chi connectivity index (χ1v) is 4.88. The maximum atomic E-state index is 11.0. The van der Waals surface area contributed by atoms with Crippen molar-refractivity contribution in [3.63, 3.8) is 0 Å². The molecule has 0 aliphatic heterocycles. The van der Waals surface area contributed by atoms with E-state index in [1.165, 1.54) is 17.9 Å². The van der Waals surface area contributed by atoms with E-state index in [4.69, 9.17) is 10.8 Å². The number of tetrazole rings is 1. The summed E-state index contributed by atoms with van der Waals surface area (Å²) in [6.45, 7) is 1.45. The summed E-state index contributed by atoms with van der Waals surface area (Å²) < 4.78 is 1.47. The first-order valence-electron chi connectivity index (χ1n) is 4.88. The Bertz CT molecular complexity index is 518. The Morgan fingerprint density at radius 3 is 2.53 bits per heavy atom. The molecule has 2 rings (SSSR count). The first kappa shape index (κ1) is 11.2. The molecule has 0 fully saturated rings. The van der Waals surface area contributed by atoms with Crippen LogP contribution in [-0.4, -0.2) is 31.3 Å². The first-order chi connectivity index (χ1) is 8.01. The van der Waals surface area contributed by atoms with Crippen molar-refractivity contribution < 1.29 is 9.90 Å². The van der Waals surface area contributed by atoms with Crippen LogP contribution < -0.4 is 5.73 Å². The number of nitrogens with zero attached hydrogens (tertiary/aromatic N) is 4. The molecule has 0 amide bonds. The Balaban J connectivity index is 2.34. The summed E-state index contributed by atoms with van der Waals surface area (Å²) >= 11 is 0. The molecule has 3 N–H and O–H groups in total. The number of hydrogen-bond acceptors (Lipinski definition) is 5. The van der Waals surface area contributed by atoms with Crippen LogP contribution in [0.25, 0.3) is 5.69 Å². The second-order valence-electron chi connectivity index (χ2n) is 3.81. The molecule has 1 unspecified atom stereocenters. The molecule has 88 valence electrons. The predicted octanol–water partition coefficient (Wildman–Crippen LogP) is -0.0792. The molecule has 0 saturated heterocycles. The zero-order valence-corrected chi connectivity index (χ0v) is 9.11. The lowest BCUT2D eigenvalue weighted by Gasteiger charge is -2.19. The number of carbonyl (C=O) groups is 1. The lowest BCUT2D eigenvalue weighted by Crippen LogP contribution is -2.41. The number of nitrogens with two attached hydrogens (primary N) is 1. The van der Waals surface area contributed by atoms with E-state index in [1.54, 1.807) is 24.3 Å². The standard InChI is InChI=1S/C10H11N5O2/c1-10(11,9(16)17)7-2-4-8(5-3-7)15-6-12-13-14-15/h2-6H,11H2,1H3,(H,16,17). The number of aromatic nitrogens is 4. The van der Waals surface area contributed by atoms with Crippen molar-refractivity contribution in [2.45, 2.75) is 12.5 Å². The minimum atomic E-state index is -1.40. The summed E-state index contributed by atoms with van der Waals surface area (Å²) in [5, 5.41) is 19.7. The fourth-order valence-corrected chi connectivity index (χ4v) is 1.36. The molecule has 0 radical (unpaired) electrons. The van der Waals surface area contributed by atoms with Gasteiger partial charge in [0.25, 0.3) is 0 Å². The van der Waals surface area contributed by atoms with Crippen LogP contribution in [0.15, 0.2) is 30.6 Å². The average Bonchev–Trinajstić information content (AvgIpc) is 2.82. The summed E-state index contributed by atoms with van der Waals surface area (Å²) in [6, 6.07) is 6.70. The Morgan fingerprint density at radius 2 is 2.06 bits per heavy atom. The highest BCUT2D eigenvalue weighted by Crippen LogP contribution is 2.19. The number of carboxylic acids is 1. The summed E-state index contributed by atoms with van der Waals surface area (Å²) in [6.07, 6.45) is 1.45. The number of carboxylic acid groups (broad SMARTS) is 1. The zero-order valence-electron chi connectivity index (χ0n) is 9.11. The Hall–Kier alpha value is -2.28. The molecule has 1 heterocycles. The van der Waals surface area contributed by atoms with Gasteiger partial charge in [-0.15, -0.1) is 5.10 Å². The third kappa shape index (κ3) is 2.00. The molecular weight excluding hydrogens is 222 g/mol. The molecule has 0 aliphatic carbocycles. The maximum Gasteiger partial charge on any atom is 0.328 e. The highest BCUT2D eigenvalue weighted by Gasteiger charge is 2.29. The molecule has 17 heavy (non-hydrogen) atoms. The average molecular weight is 233 g/mol. The molecule has 1 atom stereocenters. The summed E-state index contributed by atoms with van der Waals surface area (Å²) in [5.74, 6) is -1.08. The fourth-order valence-electron chi connectivity index (χ4n) is 1.36. The van der Waals surface area contributed by atoms with Crippen molar-refractivity contribution in [2.24, 2.45) is 5.73 Å². The van der Waals surface area contributed by atoms with Crippen LogP contribution in [0.3, 0.4) is 0 Å². The van der Waals surface area contributed by atoms with Gasteiger partial charge in [0, 0.05) is 0 Å². The quantitative estimate of drug-likeness (QED) is 0.767. The molecule has 1 aromatic carbocycles. The van der Waals surface area contributed by atoms with E-state index in [-0.39, 0.29) is 0 Å². The molecule has 0 spiro atoms. The van der Waals surface area contributed by atoms with Gasteiger partial charge in [-0.1, -0.05) is 12.1 Å². The second kappa shape index (κ2) is 3.95. The van der Waals surface area contributed by atoms with Crippen molar-refractivity contribution in [3.8, 4) is 5.69 Å². The van der Waals surface area contributed by atoms with E-state index < -0.39 is 11.5 Å². The van der Waals surface area contributed by atoms with Crippen molar-refractivity contribution in [1.82, 2.24) is 20.2 Å². The predicted molar refractivity (Wildman–Crippen MR) is 58.3 cm³/mol. The highest BCUT2D eigenvalue weighted by atomic mass is 16.4. The molecule has 0 saturated carbocycles. The van der Waals surface area contributed by atoms with Crippen LogP contribution in [0, 0.1) is 0 Å². The van der Waals surface area contributed by atoms with Crippen LogP contribution in [-0.2, 0) is 10.3 Å². The van der Waals surface area contributed by atoms with Crippen molar-refractivity contribution >= 4 is 5.97 Å². The van der Waals surface area contributed by atoms with Gasteiger partial charge in [-0.25, -0.2) is 9.48 Å². The Morgan fingerprint density at radius 1 is 1.41 bits per heavy atom. The van der Waals surface area contributed by atoms with E-state index in [1.807, 2.05) is 0 Å². The number of rotatable bonds is 3. The van der Waals surface area contributed by atoms with E-state index in [9.17, 15) is 4.79 Å². The van der Waals surface area contributed by atoms with E-state index in [2.05, 4.69) is 15.5 Å². The smallest absolute Gasteiger partial charge is 0.328 e. The molecule has 0 aliphatic rings. The van der Waals surface area contributed by atoms with Gasteiger partial charge in [-0.3, -0.25) is 0 Å². The van der Waals surface area contributed by atoms with Crippen LogP contribution in [0.4, 0.5) is 0 Å². The minimum absolute atomic E-state index is 0.516. The van der Waals surface area contributed by atoms with Gasteiger partial charge in [-0.2, -0.15) is 0 Å². The third-order valence-electron chi connectivity index (χ3n) is 2.52. The molecule has 7 nitrogen and oxygen atoms in total. The fraction of sp³-hybridized carbons (Fsp3) is 0.200. The molecule has 7 heteroatoms. The molecule has 1 aromatic heterocycles. The SMILES string of the molecule is CC(N)(C(=O)O)c1ccc(-n2cnnn2)cc1. The van der Waals surface area contributed by atoms with Gasteiger partial charge in [0.15, 0.2) is 0 Å². The molecular formula is C10H11N5O2. The van der Waals surface area contributed by atoms with Gasteiger partial charge in [0.2, 0.25) is 0 Å². The maximum absolute atomic E-state index is 11.0. The highest BCUT2D eigenvalue weighted by molar-refractivity contribution is 5.79. The van der Waals surface area contributed by atoms with E-state index >= 15 is 0 Å². The third-order valence-corrected chi connectivity index (χ3v) is 2.52. The van der Waals surface area contributed by atoms with E-state index in [0.717, 1.165) is 5.69 Å². The topological polar surface area (TPSA) is 107 Å². The monoisotopic (exact) mass is 233 g/mol. The van der Waals surface area contributed by atoms with Gasteiger partial charge < -0.3 is 10.8 Å². The minimum Gasteiger partial charge on any atom is -0.480 e. The normalized spacial score (nSPS) is 14.2. The van der Waals surface area contributed by atoms with Gasteiger partial charge >= 0.3 is 5.97 Å². The lowest BCUT2D eigenvalue weighted by atomic mass is 9.93. The number of benzene rings is 1. The molecule has 0 bridgehead atoms. The van der Waals surface area contributed by atoms with Crippen LogP contribution in [0.2, 0.25) is 0 Å². The number of aliphatic carboxylic acids is 1. The van der Waals surface area contributed by atoms with Crippen molar-refractivity contribution in [1.29, 1.82) is 0 Å². The van der Waals surface area contributed by atoms with Crippen molar-refractivity contribution in [3.05, 3.63) is 36.2 Å². The van der Waals surface area contributed by atoms with Gasteiger partial charge in [0.1, 0.15) is 11.9 Å². The summed E-state index contributed by atoms with van der Waals surface area (Å²) in [7, 11) is 0. The Labute approximate surface area is 96.9 Å². The largest absolute Gasteiger partial charge is 0.480 e. The van der Waals surface area contributed by atoms with Gasteiger partial charge in [0.05, 0.1) is 5.69 Å². The van der Waals surface area contributed by atoms with Crippen LogP contribution in [0.5, 0.6) is 0 Å². The van der Waals surface area contributed by atoms with Crippen molar-refractivity contribution in [2.75, 3.05) is 0 Å². The summed E-state index contributed by atoms with van der Waals surface area (Å²) in [4.78, 5) is 11.0. The van der Waals surface area contributed by atoms with E-state index in [0.29, 0.717) is 5.56 Å². The Kier molecular flexibility index (Phi) is 2.60. The van der Waals surface area contributed by atoms with Crippen LogP contribution in [0.1, 0.15) is 12.5 Å². The zero-order chi connectivity index (χ0) is 12.5. The molecule has 2 aromatic rings. The summed E-state index contributed by atoms with van der Waals surface area (Å²) in [5.41, 5.74) is 5.55. The number of hydrogen-bond donors (Lipinski definition) is 2. The van der Waals surface area contributed by atoms with Gasteiger partial charge in [-0.05, 0) is 35.0 Å². The lowest BCUT2D eigenvalue weighted by molar-refractivity contribution is -0.143.